The van der Waals surface area contributed by atoms with Gasteiger partial charge in [0.05, 0.1) is 6.04 Å². The van der Waals surface area contributed by atoms with E-state index in [1.165, 1.54) is 0 Å². The fourth-order valence-electron chi connectivity index (χ4n) is 1.85. The van der Waals surface area contributed by atoms with Crippen molar-refractivity contribution in [1.82, 2.24) is 10.6 Å². The van der Waals surface area contributed by atoms with Crippen molar-refractivity contribution in [3.8, 4) is 0 Å². The number of carboxylic acids is 1. The van der Waals surface area contributed by atoms with Crippen molar-refractivity contribution in [2.45, 2.75) is 52.6 Å². The number of nitrogens with one attached hydrogen (secondary N) is 2. The van der Waals surface area contributed by atoms with Gasteiger partial charge in [-0.2, -0.15) is 0 Å². The molecule has 3 atom stereocenters. The van der Waals surface area contributed by atoms with Crippen LogP contribution in [0.3, 0.4) is 0 Å². The average molecular weight is 301 g/mol. The molecule has 0 heterocycles. The highest BCUT2D eigenvalue weighted by Crippen LogP contribution is 2.09. The zero-order valence-corrected chi connectivity index (χ0v) is 13.2. The average Bonchev–Trinajstić information content (AvgIpc) is 2.40. The van der Waals surface area contributed by atoms with Crippen LogP contribution >= 0.6 is 0 Å². The van der Waals surface area contributed by atoms with Gasteiger partial charge in [0, 0.05) is 0 Å². The molecule has 0 fully saturated rings. The molecule has 0 aromatic carbocycles. The fourth-order valence-corrected chi connectivity index (χ4v) is 1.85. The van der Waals surface area contributed by atoms with Gasteiger partial charge in [0.15, 0.2) is 0 Å². The molecule has 7 heteroatoms. The normalized spacial score (nSPS) is 15.1. The molecular formula is C14H27N3O4. The minimum atomic E-state index is -1.13. The van der Waals surface area contributed by atoms with Gasteiger partial charge in [-0.3, -0.25) is 14.4 Å². The molecule has 0 spiro atoms. The molecule has 122 valence electrons. The van der Waals surface area contributed by atoms with E-state index in [1.807, 2.05) is 27.7 Å². The smallest absolute Gasteiger partial charge is 0.322 e. The van der Waals surface area contributed by atoms with E-state index >= 15 is 0 Å². The van der Waals surface area contributed by atoms with Crippen LogP contribution in [0.25, 0.3) is 0 Å². The minimum Gasteiger partial charge on any atom is -0.480 e. The number of aliphatic carboxylic acids is 1. The molecule has 0 radical (unpaired) electrons. The lowest BCUT2D eigenvalue weighted by atomic mass is 9.97. The van der Waals surface area contributed by atoms with Gasteiger partial charge in [-0.1, -0.05) is 34.1 Å². The van der Waals surface area contributed by atoms with Crippen molar-refractivity contribution in [3.05, 3.63) is 0 Å². The standard InChI is InChI=1S/C14H27N3O4/c1-5-9(4)12(14(21)16-7-11(18)19)17-13(20)10(15)6-8(2)3/h8-10,12H,5-7,15H2,1-4H3,(H,16,21)(H,17,20)(H,18,19)/t9-,10-,12-/m0/s1. The summed E-state index contributed by atoms with van der Waals surface area (Å²) in [6, 6.07) is -1.45. The summed E-state index contributed by atoms with van der Waals surface area (Å²) in [7, 11) is 0. The van der Waals surface area contributed by atoms with E-state index in [2.05, 4.69) is 10.6 Å². The summed E-state index contributed by atoms with van der Waals surface area (Å²) in [5, 5.41) is 13.5. The predicted molar refractivity (Wildman–Crippen MR) is 79.5 cm³/mol. The predicted octanol–water partition coefficient (Wildman–Crippen LogP) is 0.0915. The maximum Gasteiger partial charge on any atom is 0.322 e. The van der Waals surface area contributed by atoms with Crippen LogP contribution in [0.5, 0.6) is 0 Å². The van der Waals surface area contributed by atoms with Gasteiger partial charge in [-0.05, 0) is 18.3 Å². The van der Waals surface area contributed by atoms with Gasteiger partial charge < -0.3 is 21.5 Å². The molecule has 0 saturated heterocycles. The van der Waals surface area contributed by atoms with Gasteiger partial charge in [-0.25, -0.2) is 0 Å². The molecule has 0 aliphatic carbocycles. The molecule has 0 unspecified atom stereocenters. The summed E-state index contributed by atoms with van der Waals surface area (Å²) < 4.78 is 0. The first-order chi connectivity index (χ1) is 9.68. The molecule has 0 rings (SSSR count). The van der Waals surface area contributed by atoms with Crippen molar-refractivity contribution in [3.63, 3.8) is 0 Å². The quantitative estimate of drug-likeness (QED) is 0.481. The number of nitrogens with two attached hydrogens (primary N) is 1. The van der Waals surface area contributed by atoms with Crippen LogP contribution in [0, 0.1) is 11.8 Å². The number of amides is 2. The first-order valence-corrected chi connectivity index (χ1v) is 7.24. The van der Waals surface area contributed by atoms with E-state index in [-0.39, 0.29) is 17.7 Å². The lowest BCUT2D eigenvalue weighted by Crippen LogP contribution is -2.54. The molecule has 5 N–H and O–H groups in total. The van der Waals surface area contributed by atoms with Gasteiger partial charge in [-0.15, -0.1) is 0 Å². The van der Waals surface area contributed by atoms with E-state index in [0.717, 1.165) is 0 Å². The number of hydrogen-bond donors (Lipinski definition) is 4. The molecule has 0 aromatic rings. The Balaban J connectivity index is 4.72. The van der Waals surface area contributed by atoms with Crippen molar-refractivity contribution < 1.29 is 19.5 Å². The zero-order chi connectivity index (χ0) is 16.6. The third kappa shape index (κ3) is 7.65. The SMILES string of the molecule is CC[C@H](C)[C@H](NC(=O)[C@@H](N)CC(C)C)C(=O)NCC(=O)O. The van der Waals surface area contributed by atoms with Crippen LogP contribution in [0.15, 0.2) is 0 Å². The summed E-state index contributed by atoms with van der Waals surface area (Å²) in [6.07, 6.45) is 1.20. The molecule has 0 aliphatic rings. The molecule has 0 saturated carbocycles. The van der Waals surface area contributed by atoms with E-state index in [4.69, 9.17) is 10.8 Å². The van der Waals surface area contributed by atoms with Gasteiger partial charge in [0.25, 0.3) is 0 Å². The van der Waals surface area contributed by atoms with Gasteiger partial charge >= 0.3 is 5.97 Å². The Labute approximate surface area is 125 Å². The zero-order valence-electron chi connectivity index (χ0n) is 13.2. The van der Waals surface area contributed by atoms with Crippen LogP contribution < -0.4 is 16.4 Å². The second kappa shape index (κ2) is 9.33. The van der Waals surface area contributed by atoms with Crippen LogP contribution in [0.4, 0.5) is 0 Å². The number of carbonyl (C=O) groups excluding carboxylic acids is 2. The van der Waals surface area contributed by atoms with E-state index in [9.17, 15) is 14.4 Å². The van der Waals surface area contributed by atoms with E-state index in [0.29, 0.717) is 12.8 Å². The lowest BCUT2D eigenvalue weighted by molar-refractivity contribution is -0.138. The Hall–Kier alpha value is -1.63. The molecule has 0 aromatic heterocycles. The van der Waals surface area contributed by atoms with Crippen molar-refractivity contribution in [2.24, 2.45) is 17.6 Å². The molecule has 7 nitrogen and oxygen atoms in total. The number of carbonyl (C=O) groups is 3. The summed E-state index contributed by atoms with van der Waals surface area (Å²) >= 11 is 0. The molecule has 0 bridgehead atoms. The molecule has 0 aliphatic heterocycles. The van der Waals surface area contributed by atoms with E-state index < -0.39 is 30.5 Å². The Kier molecular flexibility index (Phi) is 8.61. The first-order valence-electron chi connectivity index (χ1n) is 7.24. The summed E-state index contributed by atoms with van der Waals surface area (Å²) in [5.74, 6) is -1.87. The summed E-state index contributed by atoms with van der Waals surface area (Å²) in [5.41, 5.74) is 5.79. The van der Waals surface area contributed by atoms with Gasteiger partial charge in [0.1, 0.15) is 12.6 Å². The number of carboxylic acid groups (broad SMARTS) is 1. The van der Waals surface area contributed by atoms with Crippen LogP contribution in [-0.4, -0.2) is 41.5 Å². The van der Waals surface area contributed by atoms with Gasteiger partial charge in [0.2, 0.25) is 11.8 Å². The molecular weight excluding hydrogens is 274 g/mol. The maximum atomic E-state index is 12.0. The van der Waals surface area contributed by atoms with Crippen molar-refractivity contribution in [1.29, 1.82) is 0 Å². The topological polar surface area (TPSA) is 122 Å². The molecule has 2 amide bonds. The number of hydrogen-bond acceptors (Lipinski definition) is 4. The van der Waals surface area contributed by atoms with Crippen molar-refractivity contribution in [2.75, 3.05) is 6.54 Å². The Bertz CT molecular complexity index is 371. The largest absolute Gasteiger partial charge is 0.480 e. The first kappa shape index (κ1) is 19.4. The second-order valence-corrected chi connectivity index (χ2v) is 5.72. The van der Waals surface area contributed by atoms with Crippen LogP contribution in [0.2, 0.25) is 0 Å². The van der Waals surface area contributed by atoms with Crippen LogP contribution in [-0.2, 0) is 14.4 Å². The highest BCUT2D eigenvalue weighted by Gasteiger charge is 2.28. The summed E-state index contributed by atoms with van der Waals surface area (Å²) in [4.78, 5) is 34.5. The second-order valence-electron chi connectivity index (χ2n) is 5.72. The van der Waals surface area contributed by atoms with Crippen LogP contribution in [0.1, 0.15) is 40.5 Å². The molecule has 21 heavy (non-hydrogen) atoms. The van der Waals surface area contributed by atoms with Crippen molar-refractivity contribution >= 4 is 17.8 Å². The highest BCUT2D eigenvalue weighted by atomic mass is 16.4. The highest BCUT2D eigenvalue weighted by molar-refractivity contribution is 5.91. The Morgan fingerprint density at radius 3 is 2.14 bits per heavy atom. The monoisotopic (exact) mass is 301 g/mol. The fraction of sp³-hybridized carbons (Fsp3) is 0.786. The summed E-state index contributed by atoms with van der Waals surface area (Å²) in [6.45, 7) is 7.15. The Morgan fingerprint density at radius 2 is 1.71 bits per heavy atom. The minimum absolute atomic E-state index is 0.117. The van der Waals surface area contributed by atoms with E-state index in [1.54, 1.807) is 0 Å². The number of rotatable bonds is 9. The third-order valence-electron chi connectivity index (χ3n) is 3.27. The maximum absolute atomic E-state index is 12.0. The third-order valence-corrected chi connectivity index (χ3v) is 3.27. The lowest BCUT2D eigenvalue weighted by Gasteiger charge is -2.25. The Morgan fingerprint density at radius 1 is 1.14 bits per heavy atom.